The van der Waals surface area contributed by atoms with E-state index in [1.54, 1.807) is 13.2 Å². The van der Waals surface area contributed by atoms with Crippen molar-refractivity contribution in [2.45, 2.75) is 45.7 Å². The predicted molar refractivity (Wildman–Crippen MR) is 86.4 cm³/mol. The highest BCUT2D eigenvalue weighted by Gasteiger charge is 2.20. The summed E-state index contributed by atoms with van der Waals surface area (Å²) >= 11 is 0. The van der Waals surface area contributed by atoms with Gasteiger partial charge in [0, 0.05) is 24.2 Å². The molecule has 1 N–H and O–H groups in total. The molecule has 0 heterocycles. The summed E-state index contributed by atoms with van der Waals surface area (Å²) in [6.45, 7) is 8.60. The number of hydrogen-bond donors (Lipinski definition) is 1. The number of nitrogens with zero attached hydrogens (tertiary/aromatic N) is 1. The highest BCUT2D eigenvalue weighted by Crippen LogP contribution is 2.29. The van der Waals surface area contributed by atoms with E-state index in [0.717, 1.165) is 25.9 Å². The Morgan fingerprint density at radius 1 is 1.29 bits per heavy atom. The number of methoxy groups -OCH3 is 1. The molecule has 0 aliphatic heterocycles. The van der Waals surface area contributed by atoms with Crippen LogP contribution in [0.2, 0.25) is 0 Å². The third kappa shape index (κ3) is 4.97. The Hall–Kier alpha value is -1.13. The molecular formula is C17H29FN2O. The second-order valence-corrected chi connectivity index (χ2v) is 5.62. The fourth-order valence-electron chi connectivity index (χ4n) is 2.68. The van der Waals surface area contributed by atoms with Crippen LogP contribution in [0, 0.1) is 5.82 Å². The molecule has 0 aliphatic carbocycles. The number of ether oxygens (including phenoxy) is 1. The van der Waals surface area contributed by atoms with Crippen molar-refractivity contribution in [3.8, 4) is 5.75 Å². The van der Waals surface area contributed by atoms with Gasteiger partial charge in [-0.2, -0.15) is 0 Å². The van der Waals surface area contributed by atoms with Crippen molar-refractivity contribution in [2.75, 3.05) is 27.2 Å². The van der Waals surface area contributed by atoms with Gasteiger partial charge in [0.2, 0.25) is 0 Å². The SMILES string of the molecule is CCCN(CCC(NC)c1c(F)cccc1OC)C(C)C. The third-order valence-corrected chi connectivity index (χ3v) is 3.88. The van der Waals surface area contributed by atoms with E-state index in [4.69, 9.17) is 4.74 Å². The molecule has 1 rings (SSSR count). The quantitative estimate of drug-likeness (QED) is 0.753. The van der Waals surface area contributed by atoms with E-state index in [2.05, 4.69) is 31.0 Å². The van der Waals surface area contributed by atoms with Crippen LogP contribution < -0.4 is 10.1 Å². The van der Waals surface area contributed by atoms with Crippen LogP contribution in [0.3, 0.4) is 0 Å². The van der Waals surface area contributed by atoms with Gasteiger partial charge < -0.3 is 15.0 Å². The van der Waals surface area contributed by atoms with Crippen LogP contribution in [-0.4, -0.2) is 38.2 Å². The Bertz CT molecular complexity index is 423. The van der Waals surface area contributed by atoms with Crippen LogP contribution in [0.25, 0.3) is 0 Å². The minimum Gasteiger partial charge on any atom is -0.496 e. The minimum atomic E-state index is -0.208. The van der Waals surface area contributed by atoms with Crippen LogP contribution in [0.15, 0.2) is 18.2 Å². The summed E-state index contributed by atoms with van der Waals surface area (Å²) < 4.78 is 19.5. The molecule has 1 aromatic carbocycles. The van der Waals surface area contributed by atoms with Gasteiger partial charge >= 0.3 is 0 Å². The van der Waals surface area contributed by atoms with Crippen LogP contribution >= 0.6 is 0 Å². The Labute approximate surface area is 128 Å². The van der Waals surface area contributed by atoms with Crippen molar-refractivity contribution < 1.29 is 9.13 Å². The largest absolute Gasteiger partial charge is 0.496 e. The Morgan fingerprint density at radius 2 is 2.00 bits per heavy atom. The maximum Gasteiger partial charge on any atom is 0.131 e. The van der Waals surface area contributed by atoms with E-state index in [9.17, 15) is 4.39 Å². The fraction of sp³-hybridized carbons (Fsp3) is 0.647. The lowest BCUT2D eigenvalue weighted by atomic mass is 10.0. The summed E-state index contributed by atoms with van der Waals surface area (Å²) in [5.74, 6) is 0.404. The van der Waals surface area contributed by atoms with Crippen LogP contribution in [-0.2, 0) is 0 Å². The molecule has 0 bridgehead atoms. The molecule has 0 aliphatic rings. The van der Waals surface area contributed by atoms with E-state index in [1.165, 1.54) is 6.07 Å². The van der Waals surface area contributed by atoms with Gasteiger partial charge in [0.05, 0.1) is 7.11 Å². The first-order valence-corrected chi connectivity index (χ1v) is 7.78. The van der Waals surface area contributed by atoms with Gasteiger partial charge in [-0.25, -0.2) is 4.39 Å². The molecule has 3 nitrogen and oxygen atoms in total. The van der Waals surface area contributed by atoms with E-state index >= 15 is 0 Å². The molecule has 4 heteroatoms. The number of nitrogens with one attached hydrogen (secondary N) is 1. The van der Waals surface area contributed by atoms with Gasteiger partial charge in [0.1, 0.15) is 11.6 Å². The van der Waals surface area contributed by atoms with E-state index in [-0.39, 0.29) is 11.9 Å². The van der Waals surface area contributed by atoms with Gasteiger partial charge in [-0.15, -0.1) is 0 Å². The Kier molecular flexibility index (Phi) is 7.68. The number of halogens is 1. The summed E-state index contributed by atoms with van der Waals surface area (Å²) in [5.41, 5.74) is 0.628. The summed E-state index contributed by atoms with van der Waals surface area (Å²) in [6.07, 6.45) is 1.98. The van der Waals surface area contributed by atoms with Crippen LogP contribution in [0.4, 0.5) is 4.39 Å². The monoisotopic (exact) mass is 296 g/mol. The molecule has 0 saturated heterocycles. The lowest BCUT2D eigenvalue weighted by Gasteiger charge is -2.28. The third-order valence-electron chi connectivity index (χ3n) is 3.88. The average Bonchev–Trinajstić information content (AvgIpc) is 2.47. The molecule has 1 unspecified atom stereocenters. The van der Waals surface area contributed by atoms with Gasteiger partial charge in [-0.3, -0.25) is 0 Å². The zero-order valence-electron chi connectivity index (χ0n) is 13.9. The maximum atomic E-state index is 14.2. The Morgan fingerprint density at radius 3 is 2.52 bits per heavy atom. The van der Waals surface area contributed by atoms with Crippen LogP contribution in [0.1, 0.15) is 45.2 Å². The van der Waals surface area contributed by atoms with Gasteiger partial charge in [-0.1, -0.05) is 13.0 Å². The second kappa shape index (κ2) is 9.00. The molecule has 1 aromatic rings. The van der Waals surface area contributed by atoms with Crippen molar-refractivity contribution in [1.29, 1.82) is 0 Å². The zero-order valence-corrected chi connectivity index (χ0v) is 13.9. The molecule has 0 fully saturated rings. The number of rotatable bonds is 9. The van der Waals surface area contributed by atoms with E-state index < -0.39 is 0 Å². The van der Waals surface area contributed by atoms with E-state index in [0.29, 0.717) is 17.4 Å². The van der Waals surface area contributed by atoms with Gasteiger partial charge in [-0.05, 0) is 52.4 Å². The van der Waals surface area contributed by atoms with Crippen molar-refractivity contribution in [2.24, 2.45) is 0 Å². The first-order valence-electron chi connectivity index (χ1n) is 7.78. The number of hydrogen-bond acceptors (Lipinski definition) is 3. The average molecular weight is 296 g/mol. The summed E-state index contributed by atoms with van der Waals surface area (Å²) in [7, 11) is 3.46. The predicted octanol–water partition coefficient (Wildman–Crippen LogP) is 3.61. The summed E-state index contributed by atoms with van der Waals surface area (Å²) in [5, 5.41) is 3.22. The summed E-state index contributed by atoms with van der Waals surface area (Å²) in [6, 6.07) is 5.45. The van der Waals surface area contributed by atoms with Crippen molar-refractivity contribution in [3.05, 3.63) is 29.6 Å². The molecule has 0 saturated carbocycles. The van der Waals surface area contributed by atoms with Gasteiger partial charge in [0.25, 0.3) is 0 Å². The zero-order chi connectivity index (χ0) is 15.8. The highest BCUT2D eigenvalue weighted by molar-refractivity contribution is 5.37. The molecule has 1 atom stereocenters. The standard InChI is InChI=1S/C17H29FN2O/c1-6-11-20(13(2)3)12-10-15(19-4)17-14(18)8-7-9-16(17)21-5/h7-9,13,15,19H,6,10-12H2,1-5H3. The molecule has 120 valence electrons. The molecule has 21 heavy (non-hydrogen) atoms. The summed E-state index contributed by atoms with van der Waals surface area (Å²) in [4.78, 5) is 2.43. The first-order chi connectivity index (χ1) is 10.0. The fourth-order valence-corrected chi connectivity index (χ4v) is 2.68. The molecule has 0 amide bonds. The lowest BCUT2D eigenvalue weighted by Crippen LogP contribution is -2.34. The Balaban J connectivity index is 2.84. The molecular weight excluding hydrogens is 267 g/mol. The van der Waals surface area contributed by atoms with Crippen molar-refractivity contribution in [1.82, 2.24) is 10.2 Å². The second-order valence-electron chi connectivity index (χ2n) is 5.62. The molecule has 0 spiro atoms. The highest BCUT2D eigenvalue weighted by atomic mass is 19.1. The van der Waals surface area contributed by atoms with Crippen molar-refractivity contribution in [3.63, 3.8) is 0 Å². The molecule has 0 aromatic heterocycles. The van der Waals surface area contributed by atoms with E-state index in [1.807, 2.05) is 13.1 Å². The molecule has 0 radical (unpaired) electrons. The van der Waals surface area contributed by atoms with Gasteiger partial charge in [0.15, 0.2) is 0 Å². The topological polar surface area (TPSA) is 24.5 Å². The normalized spacial score (nSPS) is 13.0. The van der Waals surface area contributed by atoms with Crippen molar-refractivity contribution >= 4 is 0 Å². The number of benzene rings is 1. The smallest absolute Gasteiger partial charge is 0.131 e. The lowest BCUT2D eigenvalue weighted by molar-refractivity contribution is 0.209. The maximum absolute atomic E-state index is 14.2. The van der Waals surface area contributed by atoms with Crippen LogP contribution in [0.5, 0.6) is 5.75 Å². The first kappa shape index (κ1) is 17.9. The minimum absolute atomic E-state index is 0.0424.